The maximum Gasteiger partial charge on any atom is 0.0215 e. The first-order valence-electron chi connectivity index (χ1n) is 9.74. The van der Waals surface area contributed by atoms with Crippen molar-refractivity contribution in [3.05, 3.63) is 84.0 Å². The zero-order chi connectivity index (χ0) is 18.6. The van der Waals surface area contributed by atoms with Gasteiger partial charge in [0.1, 0.15) is 0 Å². The minimum Gasteiger partial charge on any atom is -0.175 e. The van der Waals surface area contributed by atoms with Crippen molar-refractivity contribution in [1.29, 1.82) is 0 Å². The van der Waals surface area contributed by atoms with Crippen LogP contribution in [0.2, 0.25) is 0 Å². The van der Waals surface area contributed by atoms with E-state index in [1.165, 1.54) is 59.1 Å². The molecule has 1 heteroatoms. The smallest absolute Gasteiger partial charge is 0.0215 e. The van der Waals surface area contributed by atoms with Crippen LogP contribution in [0, 0.1) is 6.92 Å². The van der Waals surface area contributed by atoms with Crippen LogP contribution in [0.1, 0.15) is 60.8 Å². The average Bonchev–Trinajstić information content (AvgIpc) is 2.91. The van der Waals surface area contributed by atoms with Crippen LogP contribution in [0.5, 0.6) is 0 Å². The van der Waals surface area contributed by atoms with Gasteiger partial charge in [0.05, 0.1) is 0 Å². The van der Waals surface area contributed by atoms with Gasteiger partial charge in [-0.1, -0.05) is 54.1 Å². The molecule has 0 amide bonds. The molecule has 0 aromatic heterocycles. The molecule has 1 aliphatic carbocycles. The van der Waals surface area contributed by atoms with Crippen molar-refractivity contribution in [2.24, 2.45) is 0 Å². The summed E-state index contributed by atoms with van der Waals surface area (Å²) in [6.45, 7) is 10.1. The summed E-state index contributed by atoms with van der Waals surface area (Å²) in [7, 11) is 0. The number of unbranched alkanes of at least 4 members (excludes halogenated alkanes) is 2. The van der Waals surface area contributed by atoms with Gasteiger partial charge in [0.25, 0.3) is 0 Å². The number of fused-ring (bicyclic) bond motifs is 3. The minimum atomic E-state index is 0.113. The molecule has 3 rings (SSSR count). The summed E-state index contributed by atoms with van der Waals surface area (Å²) in [5, 5.41) is 0. The third kappa shape index (κ3) is 3.42. The fourth-order valence-corrected chi connectivity index (χ4v) is 4.71. The molecular formula is C25H30S. The molecule has 0 atom stereocenters. The lowest BCUT2D eigenvalue weighted by Crippen LogP contribution is -2.25. The number of allylic oxidation sites excluding steroid dienone is 2. The Morgan fingerprint density at radius 1 is 0.885 bits per heavy atom. The van der Waals surface area contributed by atoms with Gasteiger partial charge in [-0.25, -0.2) is 0 Å². The van der Waals surface area contributed by atoms with Crippen molar-refractivity contribution >= 4 is 12.6 Å². The molecule has 0 saturated heterocycles. The summed E-state index contributed by atoms with van der Waals surface area (Å²) in [5.41, 5.74) is 8.66. The highest BCUT2D eigenvalue weighted by Gasteiger charge is 2.42. The normalized spacial score (nSPS) is 13.9. The summed E-state index contributed by atoms with van der Waals surface area (Å²) < 4.78 is 0. The maximum atomic E-state index is 4.53. The predicted molar refractivity (Wildman–Crippen MR) is 118 cm³/mol. The van der Waals surface area contributed by atoms with Gasteiger partial charge in [-0.2, -0.15) is 12.6 Å². The Morgan fingerprint density at radius 2 is 1.46 bits per heavy atom. The van der Waals surface area contributed by atoms with Gasteiger partial charge in [0.15, 0.2) is 0 Å². The summed E-state index contributed by atoms with van der Waals surface area (Å²) in [6, 6.07) is 14.0. The molecule has 1 aliphatic rings. The molecule has 2 aromatic carbocycles. The van der Waals surface area contributed by atoms with E-state index in [2.05, 4.69) is 81.3 Å². The average molecular weight is 363 g/mol. The second-order valence-corrected chi connectivity index (χ2v) is 7.85. The van der Waals surface area contributed by atoms with Crippen LogP contribution < -0.4 is 0 Å². The Labute approximate surface area is 164 Å². The van der Waals surface area contributed by atoms with Crippen LogP contribution in [0.3, 0.4) is 0 Å². The van der Waals surface area contributed by atoms with Gasteiger partial charge in [-0.15, -0.1) is 13.2 Å². The van der Waals surface area contributed by atoms with E-state index in [1.54, 1.807) is 0 Å². The third-order valence-corrected chi connectivity index (χ3v) is 6.15. The molecule has 2 aromatic rings. The van der Waals surface area contributed by atoms with Crippen molar-refractivity contribution in [3.63, 3.8) is 0 Å². The summed E-state index contributed by atoms with van der Waals surface area (Å²) in [4.78, 5) is 0. The van der Waals surface area contributed by atoms with Crippen LogP contribution in [0.4, 0.5) is 0 Å². The zero-order valence-electron chi connectivity index (χ0n) is 15.9. The SMILES string of the molecule is C=CCCCC1(CCCC=C)c2cc(C)ccc2-c2ccc(CS)cc21. The van der Waals surface area contributed by atoms with E-state index >= 15 is 0 Å². The first-order valence-corrected chi connectivity index (χ1v) is 10.4. The molecule has 0 N–H and O–H groups in total. The number of hydrogen-bond donors (Lipinski definition) is 1. The molecule has 26 heavy (non-hydrogen) atoms. The molecule has 0 fully saturated rings. The van der Waals surface area contributed by atoms with Crippen LogP contribution in [0.25, 0.3) is 11.1 Å². The van der Waals surface area contributed by atoms with Crippen molar-refractivity contribution in [2.75, 3.05) is 0 Å². The maximum absolute atomic E-state index is 4.53. The van der Waals surface area contributed by atoms with Gasteiger partial charge in [0.2, 0.25) is 0 Å². The quantitative estimate of drug-likeness (QED) is 0.268. The van der Waals surface area contributed by atoms with Crippen LogP contribution >= 0.6 is 12.6 Å². The first kappa shape index (κ1) is 19.0. The fourth-order valence-electron chi connectivity index (χ4n) is 4.51. The molecule has 0 nitrogen and oxygen atoms in total. The van der Waals surface area contributed by atoms with Crippen molar-refractivity contribution < 1.29 is 0 Å². The molecular weight excluding hydrogens is 332 g/mol. The molecule has 0 bridgehead atoms. The number of thiol groups is 1. The lowest BCUT2D eigenvalue weighted by atomic mass is 9.70. The molecule has 0 unspecified atom stereocenters. The number of hydrogen-bond acceptors (Lipinski definition) is 1. The Kier molecular flexibility index (Phi) is 6.09. The van der Waals surface area contributed by atoms with Gasteiger partial charge < -0.3 is 0 Å². The molecule has 0 heterocycles. The Balaban J connectivity index is 2.17. The van der Waals surface area contributed by atoms with E-state index in [1.807, 2.05) is 0 Å². The summed E-state index contributed by atoms with van der Waals surface area (Å²) in [5.74, 6) is 0.790. The second kappa shape index (κ2) is 8.31. The molecule has 0 spiro atoms. The molecule has 0 saturated carbocycles. The lowest BCUT2D eigenvalue weighted by Gasteiger charge is -2.33. The van der Waals surface area contributed by atoms with E-state index < -0.39 is 0 Å². The molecule has 0 radical (unpaired) electrons. The Morgan fingerprint density at radius 3 is 2.04 bits per heavy atom. The Hall–Kier alpha value is -1.73. The van der Waals surface area contributed by atoms with E-state index in [-0.39, 0.29) is 5.41 Å². The topological polar surface area (TPSA) is 0 Å². The highest BCUT2D eigenvalue weighted by Crippen LogP contribution is 2.54. The highest BCUT2D eigenvalue weighted by atomic mass is 32.1. The number of benzene rings is 2. The van der Waals surface area contributed by atoms with Gasteiger partial charge in [-0.3, -0.25) is 0 Å². The van der Waals surface area contributed by atoms with Crippen LogP contribution in [0.15, 0.2) is 61.7 Å². The number of rotatable bonds is 9. The third-order valence-electron chi connectivity index (χ3n) is 5.79. The van der Waals surface area contributed by atoms with Crippen LogP contribution in [-0.4, -0.2) is 0 Å². The first-order chi connectivity index (χ1) is 12.7. The van der Waals surface area contributed by atoms with Gasteiger partial charge in [0, 0.05) is 11.2 Å². The van der Waals surface area contributed by atoms with Gasteiger partial charge in [-0.05, 0) is 73.3 Å². The van der Waals surface area contributed by atoms with E-state index in [4.69, 9.17) is 0 Å². The summed E-state index contributed by atoms with van der Waals surface area (Å²) >= 11 is 4.53. The van der Waals surface area contributed by atoms with Crippen molar-refractivity contribution in [1.82, 2.24) is 0 Å². The van der Waals surface area contributed by atoms with Crippen molar-refractivity contribution in [2.45, 2.75) is 56.6 Å². The molecule has 136 valence electrons. The Bertz CT molecular complexity index is 786. The highest BCUT2D eigenvalue weighted by molar-refractivity contribution is 7.79. The lowest BCUT2D eigenvalue weighted by molar-refractivity contribution is 0.421. The fraction of sp³-hybridized carbons (Fsp3) is 0.360. The molecule has 0 aliphatic heterocycles. The number of aryl methyl sites for hydroxylation is 1. The standard InChI is InChI=1S/C25H30S/c1-4-6-8-14-25(15-9-7-5-2)23-16-19(3)10-12-21(23)22-13-11-20(18-26)17-24(22)25/h4-5,10-13,16-17,26H,1-2,6-9,14-15,18H2,3H3. The largest absolute Gasteiger partial charge is 0.175 e. The second-order valence-electron chi connectivity index (χ2n) is 7.53. The van der Waals surface area contributed by atoms with E-state index in [0.29, 0.717) is 0 Å². The summed E-state index contributed by atoms with van der Waals surface area (Å²) in [6.07, 6.45) is 11.0. The van der Waals surface area contributed by atoms with E-state index in [9.17, 15) is 0 Å². The zero-order valence-corrected chi connectivity index (χ0v) is 16.8. The van der Waals surface area contributed by atoms with Gasteiger partial charge >= 0.3 is 0 Å². The minimum absolute atomic E-state index is 0.113. The predicted octanol–water partition coefficient (Wildman–Crippen LogP) is 7.40. The monoisotopic (exact) mass is 362 g/mol. The van der Waals surface area contributed by atoms with E-state index in [0.717, 1.165) is 18.6 Å². The van der Waals surface area contributed by atoms with Crippen LogP contribution in [-0.2, 0) is 11.2 Å². The van der Waals surface area contributed by atoms with Crippen molar-refractivity contribution in [3.8, 4) is 11.1 Å².